The molecular weight excluding hydrogens is 262 g/mol. The van der Waals surface area contributed by atoms with E-state index in [9.17, 15) is 14.4 Å². The standard InChI is InChI=1S/C13H21N3O4/c1-20-12(18)10-4-2-3-7-16(10)8-11(17)15-13(19)14-9-5-6-9/h9-10H,2-8H2,1H3,(H2,14,15,17,19). The van der Waals surface area contributed by atoms with Crippen LogP contribution in [0.4, 0.5) is 4.79 Å². The summed E-state index contributed by atoms with van der Waals surface area (Å²) in [5.41, 5.74) is 0. The molecule has 0 aromatic rings. The summed E-state index contributed by atoms with van der Waals surface area (Å²) in [5, 5.41) is 4.98. The van der Waals surface area contributed by atoms with E-state index in [0.717, 1.165) is 25.7 Å². The molecule has 3 amide bonds. The number of hydrogen-bond donors (Lipinski definition) is 2. The van der Waals surface area contributed by atoms with Crippen LogP contribution < -0.4 is 10.6 Å². The van der Waals surface area contributed by atoms with Gasteiger partial charge in [0.2, 0.25) is 5.91 Å². The van der Waals surface area contributed by atoms with Crippen LogP contribution in [0.1, 0.15) is 32.1 Å². The van der Waals surface area contributed by atoms with Gasteiger partial charge in [0, 0.05) is 6.04 Å². The van der Waals surface area contributed by atoms with Crippen LogP contribution in [0.15, 0.2) is 0 Å². The summed E-state index contributed by atoms with van der Waals surface area (Å²) in [4.78, 5) is 36.7. The van der Waals surface area contributed by atoms with E-state index in [2.05, 4.69) is 10.6 Å². The Morgan fingerprint density at radius 3 is 2.60 bits per heavy atom. The van der Waals surface area contributed by atoms with Gasteiger partial charge in [-0.1, -0.05) is 6.42 Å². The first-order valence-corrected chi connectivity index (χ1v) is 7.02. The van der Waals surface area contributed by atoms with E-state index in [1.165, 1.54) is 7.11 Å². The van der Waals surface area contributed by atoms with Gasteiger partial charge in [0.15, 0.2) is 0 Å². The Labute approximate surface area is 118 Å². The Morgan fingerprint density at radius 1 is 1.20 bits per heavy atom. The molecule has 1 aliphatic heterocycles. The van der Waals surface area contributed by atoms with Crippen LogP contribution in [-0.4, -0.2) is 55.1 Å². The average molecular weight is 283 g/mol. The number of amides is 3. The Bertz CT molecular complexity index is 395. The predicted octanol–water partition coefficient (Wildman–Crippen LogP) is 0.00210. The molecule has 1 aliphatic carbocycles. The summed E-state index contributed by atoms with van der Waals surface area (Å²) in [7, 11) is 1.35. The van der Waals surface area contributed by atoms with Gasteiger partial charge >= 0.3 is 12.0 Å². The first-order chi connectivity index (χ1) is 9.60. The van der Waals surface area contributed by atoms with Gasteiger partial charge < -0.3 is 10.1 Å². The molecule has 7 nitrogen and oxygen atoms in total. The van der Waals surface area contributed by atoms with E-state index in [0.29, 0.717) is 13.0 Å². The monoisotopic (exact) mass is 283 g/mol. The number of hydrogen-bond acceptors (Lipinski definition) is 5. The molecule has 2 aliphatic rings. The number of carbonyl (C=O) groups is 3. The highest BCUT2D eigenvalue weighted by atomic mass is 16.5. The van der Waals surface area contributed by atoms with Crippen molar-refractivity contribution in [1.29, 1.82) is 0 Å². The van der Waals surface area contributed by atoms with Crippen LogP contribution in [0, 0.1) is 0 Å². The number of nitrogens with one attached hydrogen (secondary N) is 2. The number of imide groups is 1. The van der Waals surface area contributed by atoms with Crippen molar-refractivity contribution in [2.75, 3.05) is 20.2 Å². The fraction of sp³-hybridized carbons (Fsp3) is 0.769. The van der Waals surface area contributed by atoms with Gasteiger partial charge in [-0.15, -0.1) is 0 Å². The normalized spacial score (nSPS) is 22.9. The summed E-state index contributed by atoms with van der Waals surface area (Å²) in [5.74, 6) is -0.709. The van der Waals surface area contributed by atoms with Crippen LogP contribution in [0.3, 0.4) is 0 Å². The summed E-state index contributed by atoms with van der Waals surface area (Å²) in [6.07, 6.45) is 4.51. The molecule has 112 valence electrons. The van der Waals surface area contributed by atoms with Gasteiger partial charge in [0.1, 0.15) is 6.04 Å². The quantitative estimate of drug-likeness (QED) is 0.709. The van der Waals surface area contributed by atoms with E-state index in [1.54, 1.807) is 4.90 Å². The highest BCUT2D eigenvalue weighted by molar-refractivity contribution is 5.95. The molecule has 1 saturated carbocycles. The Hall–Kier alpha value is -1.63. The molecule has 0 radical (unpaired) electrons. The van der Waals surface area contributed by atoms with Gasteiger partial charge in [-0.25, -0.2) is 4.79 Å². The molecule has 0 bridgehead atoms. The highest BCUT2D eigenvalue weighted by Crippen LogP contribution is 2.18. The third-order valence-electron chi connectivity index (χ3n) is 3.60. The lowest BCUT2D eigenvalue weighted by Gasteiger charge is -2.32. The highest BCUT2D eigenvalue weighted by Gasteiger charge is 2.31. The van der Waals surface area contributed by atoms with Gasteiger partial charge in [0.05, 0.1) is 13.7 Å². The van der Waals surface area contributed by atoms with Crippen LogP contribution >= 0.6 is 0 Å². The fourth-order valence-corrected chi connectivity index (χ4v) is 2.38. The molecule has 7 heteroatoms. The average Bonchev–Trinajstić information content (AvgIpc) is 3.22. The lowest BCUT2D eigenvalue weighted by Crippen LogP contribution is -2.51. The number of urea groups is 1. The van der Waals surface area contributed by atoms with Crippen molar-refractivity contribution < 1.29 is 19.1 Å². The maximum atomic E-state index is 11.8. The van der Waals surface area contributed by atoms with Gasteiger partial charge in [-0.3, -0.25) is 19.8 Å². The zero-order chi connectivity index (χ0) is 14.5. The first kappa shape index (κ1) is 14.8. The number of rotatable bonds is 4. The SMILES string of the molecule is COC(=O)C1CCCCN1CC(=O)NC(=O)NC1CC1. The number of ether oxygens (including phenoxy) is 1. The summed E-state index contributed by atoms with van der Waals surface area (Å²) in [6, 6.07) is -0.629. The predicted molar refractivity (Wildman–Crippen MR) is 70.9 cm³/mol. The van der Waals surface area contributed by atoms with E-state index >= 15 is 0 Å². The van der Waals surface area contributed by atoms with E-state index < -0.39 is 6.03 Å². The molecule has 0 spiro atoms. The zero-order valence-electron chi connectivity index (χ0n) is 11.7. The third-order valence-corrected chi connectivity index (χ3v) is 3.60. The molecule has 1 heterocycles. The van der Waals surface area contributed by atoms with Crippen molar-refractivity contribution in [1.82, 2.24) is 15.5 Å². The van der Waals surface area contributed by atoms with Crippen molar-refractivity contribution in [3.8, 4) is 0 Å². The van der Waals surface area contributed by atoms with Crippen LogP contribution in [0.5, 0.6) is 0 Å². The summed E-state index contributed by atoms with van der Waals surface area (Å²) < 4.78 is 4.75. The zero-order valence-corrected chi connectivity index (χ0v) is 11.7. The topological polar surface area (TPSA) is 87.7 Å². The number of esters is 1. The van der Waals surface area contributed by atoms with Crippen molar-refractivity contribution >= 4 is 17.9 Å². The van der Waals surface area contributed by atoms with Gasteiger partial charge in [-0.05, 0) is 32.2 Å². The van der Waals surface area contributed by atoms with E-state index in [1.807, 2.05) is 0 Å². The Kier molecular flexibility index (Phi) is 4.94. The van der Waals surface area contributed by atoms with Crippen molar-refractivity contribution in [2.45, 2.75) is 44.2 Å². The first-order valence-electron chi connectivity index (χ1n) is 7.02. The maximum Gasteiger partial charge on any atom is 0.323 e. The largest absolute Gasteiger partial charge is 0.468 e. The van der Waals surface area contributed by atoms with Crippen molar-refractivity contribution in [2.24, 2.45) is 0 Å². The molecule has 2 N–H and O–H groups in total. The number of likely N-dealkylation sites (tertiary alicyclic amines) is 1. The molecule has 1 saturated heterocycles. The molecule has 1 unspecified atom stereocenters. The van der Waals surface area contributed by atoms with Crippen LogP contribution in [0.2, 0.25) is 0 Å². The molecular formula is C13H21N3O4. The summed E-state index contributed by atoms with van der Waals surface area (Å²) in [6.45, 7) is 0.704. The van der Waals surface area contributed by atoms with E-state index in [4.69, 9.17) is 4.74 Å². The molecule has 2 rings (SSSR count). The van der Waals surface area contributed by atoms with Crippen LogP contribution in [-0.2, 0) is 14.3 Å². The lowest BCUT2D eigenvalue weighted by molar-refractivity contribution is -0.148. The molecule has 1 atom stereocenters. The molecule has 2 fully saturated rings. The maximum absolute atomic E-state index is 11.8. The number of methoxy groups -OCH3 is 1. The minimum Gasteiger partial charge on any atom is -0.468 e. The molecule has 20 heavy (non-hydrogen) atoms. The molecule has 0 aromatic heterocycles. The van der Waals surface area contributed by atoms with Gasteiger partial charge in [-0.2, -0.15) is 0 Å². The lowest BCUT2D eigenvalue weighted by atomic mass is 10.0. The molecule has 0 aromatic carbocycles. The van der Waals surface area contributed by atoms with Crippen LogP contribution in [0.25, 0.3) is 0 Å². The van der Waals surface area contributed by atoms with Gasteiger partial charge in [0.25, 0.3) is 0 Å². The minimum atomic E-state index is -0.455. The number of nitrogens with zero attached hydrogens (tertiary/aromatic N) is 1. The summed E-state index contributed by atoms with van der Waals surface area (Å²) >= 11 is 0. The Morgan fingerprint density at radius 2 is 1.95 bits per heavy atom. The second-order valence-corrected chi connectivity index (χ2v) is 5.30. The van der Waals surface area contributed by atoms with Crippen molar-refractivity contribution in [3.63, 3.8) is 0 Å². The van der Waals surface area contributed by atoms with Crippen molar-refractivity contribution in [3.05, 3.63) is 0 Å². The second-order valence-electron chi connectivity index (χ2n) is 5.30. The fourth-order valence-electron chi connectivity index (χ4n) is 2.38. The Balaban J connectivity index is 1.80. The number of piperidine rings is 1. The second kappa shape index (κ2) is 6.69. The number of carbonyl (C=O) groups excluding carboxylic acids is 3. The van der Waals surface area contributed by atoms with E-state index in [-0.39, 0.29) is 30.5 Å². The smallest absolute Gasteiger partial charge is 0.323 e. The minimum absolute atomic E-state index is 0.0395. The third kappa shape index (κ3) is 4.19.